The number of benzene rings is 2. The summed E-state index contributed by atoms with van der Waals surface area (Å²) in [5.41, 5.74) is -1.91. The Hall–Kier alpha value is -2.24. The molecule has 0 unspecified atom stereocenters. The van der Waals surface area contributed by atoms with Gasteiger partial charge in [-0.2, -0.15) is 13.2 Å². The van der Waals surface area contributed by atoms with Crippen molar-refractivity contribution in [2.24, 2.45) is 0 Å². The van der Waals surface area contributed by atoms with E-state index in [1.807, 2.05) is 0 Å². The number of aryl methyl sites for hydroxylation is 1. The molecule has 0 radical (unpaired) electrons. The average molecular weight is 300 g/mol. The average Bonchev–Trinajstić information content (AvgIpc) is 2.40. The smallest absolute Gasteiger partial charge is 0.288 e. The second-order valence-electron chi connectivity index (χ2n) is 4.50. The zero-order valence-electron chi connectivity index (χ0n) is 10.8. The molecule has 6 heteroatoms. The Bertz CT molecular complexity index is 704. The Kier molecular flexibility index (Phi) is 3.80. The van der Waals surface area contributed by atoms with Crippen molar-refractivity contribution in [3.05, 3.63) is 70.3 Å². The fourth-order valence-corrected chi connectivity index (χ4v) is 1.83. The molecule has 2 rings (SSSR count). The molecule has 0 aliphatic carbocycles. The second kappa shape index (κ2) is 5.27. The van der Waals surface area contributed by atoms with Crippen molar-refractivity contribution >= 4 is 5.78 Å². The minimum Gasteiger partial charge on any atom is -0.288 e. The molecule has 0 aliphatic rings. The zero-order chi connectivity index (χ0) is 15.8. The summed E-state index contributed by atoms with van der Waals surface area (Å²) in [4.78, 5) is 12.1. The monoisotopic (exact) mass is 300 g/mol. The van der Waals surface area contributed by atoms with E-state index in [9.17, 15) is 26.7 Å². The van der Waals surface area contributed by atoms with E-state index in [0.29, 0.717) is 23.8 Å². The summed E-state index contributed by atoms with van der Waals surface area (Å²) in [6.45, 7) is 1.58. The Balaban J connectivity index is 2.55. The summed E-state index contributed by atoms with van der Waals surface area (Å²) in [5.74, 6) is -3.17. The van der Waals surface area contributed by atoms with Gasteiger partial charge >= 0.3 is 6.18 Å². The summed E-state index contributed by atoms with van der Waals surface area (Å²) in [7, 11) is 0. The van der Waals surface area contributed by atoms with Crippen LogP contribution in [0.4, 0.5) is 22.0 Å². The van der Waals surface area contributed by atoms with Crippen molar-refractivity contribution < 1.29 is 26.7 Å². The fourth-order valence-electron chi connectivity index (χ4n) is 1.83. The Morgan fingerprint density at radius 2 is 1.43 bits per heavy atom. The summed E-state index contributed by atoms with van der Waals surface area (Å²) < 4.78 is 65.0. The second-order valence-corrected chi connectivity index (χ2v) is 4.50. The van der Waals surface area contributed by atoms with Crippen molar-refractivity contribution in [1.82, 2.24) is 0 Å². The molecule has 0 amide bonds. The molecule has 0 saturated heterocycles. The third-order valence-corrected chi connectivity index (χ3v) is 2.90. The topological polar surface area (TPSA) is 17.1 Å². The van der Waals surface area contributed by atoms with Crippen molar-refractivity contribution in [3.63, 3.8) is 0 Å². The Labute approximate surface area is 117 Å². The maximum Gasteiger partial charge on any atom is 0.416 e. The van der Waals surface area contributed by atoms with E-state index in [1.54, 1.807) is 6.92 Å². The first-order valence-electron chi connectivity index (χ1n) is 5.88. The first-order valence-corrected chi connectivity index (χ1v) is 5.88. The highest BCUT2D eigenvalue weighted by Gasteiger charge is 2.32. The lowest BCUT2D eigenvalue weighted by Crippen LogP contribution is -2.11. The molecule has 21 heavy (non-hydrogen) atoms. The molecule has 0 fully saturated rings. The summed E-state index contributed by atoms with van der Waals surface area (Å²) >= 11 is 0. The maximum atomic E-state index is 13.6. The maximum absolute atomic E-state index is 13.6. The van der Waals surface area contributed by atoms with Gasteiger partial charge in [-0.15, -0.1) is 0 Å². The standard InChI is InChI=1S/C15H9F5O/c1-8-2-4-12(16)10(6-8)14(21)11-7-9(15(18,19)20)3-5-13(11)17/h2-7H,1H3. The minimum atomic E-state index is -4.71. The SMILES string of the molecule is Cc1ccc(F)c(C(=O)c2cc(C(F)(F)F)ccc2F)c1. The van der Waals surface area contributed by atoms with Gasteiger partial charge in [-0.05, 0) is 37.3 Å². The van der Waals surface area contributed by atoms with Crippen LogP contribution in [0.2, 0.25) is 0 Å². The largest absolute Gasteiger partial charge is 0.416 e. The van der Waals surface area contributed by atoms with Crippen LogP contribution in [0.1, 0.15) is 27.0 Å². The van der Waals surface area contributed by atoms with Crippen LogP contribution < -0.4 is 0 Å². The van der Waals surface area contributed by atoms with Gasteiger partial charge in [-0.25, -0.2) is 8.78 Å². The first kappa shape index (κ1) is 15.2. The number of hydrogen-bond donors (Lipinski definition) is 0. The third-order valence-electron chi connectivity index (χ3n) is 2.90. The number of halogens is 5. The normalized spacial score (nSPS) is 11.5. The molecule has 2 aromatic carbocycles. The van der Waals surface area contributed by atoms with Crippen LogP contribution >= 0.6 is 0 Å². The van der Waals surface area contributed by atoms with Gasteiger partial charge in [0.2, 0.25) is 0 Å². The third kappa shape index (κ3) is 3.09. The van der Waals surface area contributed by atoms with Crippen molar-refractivity contribution in [3.8, 4) is 0 Å². The van der Waals surface area contributed by atoms with Gasteiger partial charge in [0.15, 0.2) is 5.78 Å². The number of alkyl halides is 3. The molecular weight excluding hydrogens is 291 g/mol. The lowest BCUT2D eigenvalue weighted by Gasteiger charge is -2.10. The highest BCUT2D eigenvalue weighted by Crippen LogP contribution is 2.31. The molecule has 1 nitrogen and oxygen atoms in total. The predicted molar refractivity (Wildman–Crippen MR) is 66.0 cm³/mol. The van der Waals surface area contributed by atoms with Gasteiger partial charge in [0, 0.05) is 0 Å². The van der Waals surface area contributed by atoms with E-state index in [4.69, 9.17) is 0 Å². The summed E-state index contributed by atoms with van der Waals surface area (Å²) in [5, 5.41) is 0. The van der Waals surface area contributed by atoms with E-state index in [0.717, 1.165) is 12.1 Å². The van der Waals surface area contributed by atoms with Crippen LogP contribution in [0.25, 0.3) is 0 Å². The number of carbonyl (C=O) groups is 1. The quantitative estimate of drug-likeness (QED) is 0.588. The van der Waals surface area contributed by atoms with Gasteiger partial charge in [0.05, 0.1) is 16.7 Å². The van der Waals surface area contributed by atoms with Crippen LogP contribution in [0.3, 0.4) is 0 Å². The Morgan fingerprint density at radius 1 is 0.905 bits per heavy atom. The number of rotatable bonds is 2. The lowest BCUT2D eigenvalue weighted by molar-refractivity contribution is -0.137. The number of carbonyl (C=O) groups excluding carboxylic acids is 1. The molecular formula is C15H9F5O. The first-order chi connectivity index (χ1) is 9.70. The van der Waals surface area contributed by atoms with Gasteiger partial charge < -0.3 is 0 Å². The molecule has 0 N–H and O–H groups in total. The van der Waals surface area contributed by atoms with E-state index in [2.05, 4.69) is 0 Å². The van der Waals surface area contributed by atoms with Gasteiger partial charge in [-0.1, -0.05) is 11.6 Å². The summed E-state index contributed by atoms with van der Waals surface area (Å²) in [6.07, 6.45) is -4.71. The van der Waals surface area contributed by atoms with Crippen LogP contribution in [0, 0.1) is 18.6 Å². The fraction of sp³-hybridized carbons (Fsp3) is 0.133. The Morgan fingerprint density at radius 3 is 2.00 bits per heavy atom. The molecule has 0 heterocycles. The molecule has 0 bridgehead atoms. The zero-order valence-corrected chi connectivity index (χ0v) is 10.8. The molecule has 0 spiro atoms. The number of ketones is 1. The van der Waals surface area contributed by atoms with Gasteiger partial charge in [0.1, 0.15) is 11.6 Å². The van der Waals surface area contributed by atoms with Crippen LogP contribution in [-0.4, -0.2) is 5.78 Å². The van der Waals surface area contributed by atoms with Gasteiger partial charge in [-0.3, -0.25) is 4.79 Å². The highest BCUT2D eigenvalue weighted by molar-refractivity contribution is 6.09. The molecule has 0 atom stereocenters. The summed E-state index contributed by atoms with van der Waals surface area (Å²) in [6, 6.07) is 5.03. The molecule has 110 valence electrons. The minimum absolute atomic E-state index is 0.388. The predicted octanol–water partition coefficient (Wildman–Crippen LogP) is 4.52. The van der Waals surface area contributed by atoms with Crippen molar-refractivity contribution in [1.29, 1.82) is 0 Å². The molecule has 0 aromatic heterocycles. The van der Waals surface area contributed by atoms with Gasteiger partial charge in [0.25, 0.3) is 0 Å². The molecule has 0 aliphatic heterocycles. The van der Waals surface area contributed by atoms with E-state index >= 15 is 0 Å². The van der Waals surface area contributed by atoms with E-state index in [-0.39, 0.29) is 0 Å². The highest BCUT2D eigenvalue weighted by atomic mass is 19.4. The van der Waals surface area contributed by atoms with Crippen LogP contribution in [-0.2, 0) is 6.18 Å². The number of hydrogen-bond acceptors (Lipinski definition) is 1. The van der Waals surface area contributed by atoms with Crippen LogP contribution in [0.5, 0.6) is 0 Å². The van der Waals surface area contributed by atoms with Crippen molar-refractivity contribution in [2.75, 3.05) is 0 Å². The van der Waals surface area contributed by atoms with E-state index < -0.39 is 40.3 Å². The van der Waals surface area contributed by atoms with Crippen molar-refractivity contribution in [2.45, 2.75) is 13.1 Å². The van der Waals surface area contributed by atoms with E-state index in [1.165, 1.54) is 6.07 Å². The van der Waals surface area contributed by atoms with Crippen LogP contribution in [0.15, 0.2) is 36.4 Å². The molecule has 0 saturated carbocycles. The molecule has 2 aromatic rings. The lowest BCUT2D eigenvalue weighted by atomic mass is 9.99.